The van der Waals surface area contributed by atoms with Crippen molar-refractivity contribution >= 4 is 23.4 Å². The monoisotopic (exact) mass is 407 g/mol. The van der Waals surface area contributed by atoms with Gasteiger partial charge in [-0.3, -0.25) is 14.4 Å². The summed E-state index contributed by atoms with van der Waals surface area (Å²) < 4.78 is 5.47. The van der Waals surface area contributed by atoms with E-state index in [1.807, 2.05) is 41.3 Å². The molecule has 2 aliphatic rings. The van der Waals surface area contributed by atoms with Crippen LogP contribution >= 0.6 is 0 Å². The van der Waals surface area contributed by atoms with E-state index >= 15 is 0 Å². The van der Waals surface area contributed by atoms with E-state index in [4.69, 9.17) is 4.74 Å². The lowest BCUT2D eigenvalue weighted by Gasteiger charge is -2.30. The van der Waals surface area contributed by atoms with E-state index in [1.54, 1.807) is 24.1 Å². The summed E-state index contributed by atoms with van der Waals surface area (Å²) in [6, 6.07) is 14.9. The lowest BCUT2D eigenvalue weighted by atomic mass is 10.1. The molecule has 1 fully saturated rings. The number of rotatable bonds is 7. The first-order valence-corrected chi connectivity index (χ1v) is 10.2. The summed E-state index contributed by atoms with van der Waals surface area (Å²) in [5, 5.41) is 2.60. The zero-order chi connectivity index (χ0) is 21.1. The Balaban J connectivity index is 1.41. The molecule has 1 aliphatic carbocycles. The Kier molecular flexibility index (Phi) is 5.70. The zero-order valence-corrected chi connectivity index (χ0v) is 17.0. The molecule has 3 amide bonds. The molecule has 0 bridgehead atoms. The maximum absolute atomic E-state index is 13.0. The molecule has 1 saturated carbocycles. The number of para-hydroxylation sites is 2. The second kappa shape index (κ2) is 8.57. The number of nitrogens with zero attached hydrogens (tertiary/aromatic N) is 2. The Morgan fingerprint density at radius 1 is 1.13 bits per heavy atom. The molecular weight excluding hydrogens is 382 g/mol. The van der Waals surface area contributed by atoms with Crippen molar-refractivity contribution in [3.8, 4) is 5.75 Å². The van der Waals surface area contributed by atoms with Crippen LogP contribution in [-0.2, 0) is 16.1 Å². The van der Waals surface area contributed by atoms with Gasteiger partial charge in [0.2, 0.25) is 5.91 Å². The molecule has 1 N–H and O–H groups in total. The second-order valence-corrected chi connectivity index (χ2v) is 7.58. The Bertz CT molecular complexity index is 953. The molecule has 2 aromatic rings. The minimum absolute atomic E-state index is 0.00473. The predicted octanol–water partition coefficient (Wildman–Crippen LogP) is 2.35. The molecule has 4 rings (SSSR count). The summed E-state index contributed by atoms with van der Waals surface area (Å²) in [5.41, 5.74) is 2.29. The van der Waals surface area contributed by atoms with E-state index in [9.17, 15) is 14.4 Å². The molecule has 1 aliphatic heterocycles. The van der Waals surface area contributed by atoms with E-state index in [1.165, 1.54) is 0 Å². The van der Waals surface area contributed by atoms with E-state index in [-0.39, 0.29) is 36.8 Å². The van der Waals surface area contributed by atoms with Gasteiger partial charge >= 0.3 is 0 Å². The van der Waals surface area contributed by atoms with Gasteiger partial charge < -0.3 is 19.9 Å². The highest BCUT2D eigenvalue weighted by Gasteiger charge is 2.33. The Morgan fingerprint density at radius 2 is 1.87 bits per heavy atom. The molecule has 0 unspecified atom stereocenters. The minimum atomic E-state index is -0.135. The van der Waals surface area contributed by atoms with Crippen molar-refractivity contribution in [1.82, 2.24) is 10.2 Å². The van der Waals surface area contributed by atoms with Crippen LogP contribution in [0.4, 0.5) is 5.69 Å². The number of fused-ring (bicyclic) bond motifs is 1. The first kappa shape index (κ1) is 19.9. The van der Waals surface area contributed by atoms with Gasteiger partial charge in [0.05, 0.1) is 5.69 Å². The summed E-state index contributed by atoms with van der Waals surface area (Å²) in [6.07, 6.45) is 2.26. The maximum atomic E-state index is 13.0. The van der Waals surface area contributed by atoms with Crippen LogP contribution in [0.5, 0.6) is 5.75 Å². The Labute approximate surface area is 175 Å². The SMILES string of the molecule is CNC(=O)c1ccc(CN(C(=O)CCN2C(=O)COc3ccccc32)C2CC2)cc1. The van der Waals surface area contributed by atoms with Gasteiger partial charge in [0.1, 0.15) is 5.75 Å². The number of carbonyl (C=O) groups excluding carboxylic acids is 3. The van der Waals surface area contributed by atoms with Crippen LogP contribution in [0.2, 0.25) is 0 Å². The molecule has 30 heavy (non-hydrogen) atoms. The molecule has 0 spiro atoms. The quantitative estimate of drug-likeness (QED) is 0.764. The van der Waals surface area contributed by atoms with Crippen LogP contribution in [0.15, 0.2) is 48.5 Å². The number of carbonyl (C=O) groups is 3. The molecular formula is C23H25N3O4. The molecule has 1 heterocycles. The van der Waals surface area contributed by atoms with E-state index in [0.29, 0.717) is 30.1 Å². The molecule has 0 atom stereocenters. The van der Waals surface area contributed by atoms with Crippen molar-refractivity contribution in [2.75, 3.05) is 25.1 Å². The lowest BCUT2D eigenvalue weighted by molar-refractivity contribution is -0.132. The summed E-state index contributed by atoms with van der Waals surface area (Å²) in [7, 11) is 1.60. The van der Waals surface area contributed by atoms with Gasteiger partial charge in [0.15, 0.2) is 6.61 Å². The summed E-state index contributed by atoms with van der Waals surface area (Å²) in [5.74, 6) is 0.431. The number of amides is 3. The van der Waals surface area contributed by atoms with Gasteiger partial charge in [-0.25, -0.2) is 0 Å². The highest BCUT2D eigenvalue weighted by Crippen LogP contribution is 2.32. The first-order chi connectivity index (χ1) is 14.6. The Hall–Kier alpha value is -3.35. The summed E-state index contributed by atoms with van der Waals surface area (Å²) in [4.78, 5) is 40.6. The predicted molar refractivity (Wildman–Crippen MR) is 112 cm³/mol. The highest BCUT2D eigenvalue weighted by atomic mass is 16.5. The fraction of sp³-hybridized carbons (Fsp3) is 0.348. The van der Waals surface area contributed by atoms with Crippen LogP contribution in [0.1, 0.15) is 35.2 Å². The van der Waals surface area contributed by atoms with Crippen molar-refractivity contribution in [2.24, 2.45) is 0 Å². The maximum Gasteiger partial charge on any atom is 0.265 e. The molecule has 0 saturated heterocycles. The van der Waals surface area contributed by atoms with Crippen molar-refractivity contribution in [2.45, 2.75) is 31.8 Å². The largest absolute Gasteiger partial charge is 0.482 e. The minimum Gasteiger partial charge on any atom is -0.482 e. The summed E-state index contributed by atoms with van der Waals surface area (Å²) >= 11 is 0. The first-order valence-electron chi connectivity index (χ1n) is 10.2. The summed E-state index contributed by atoms with van der Waals surface area (Å²) in [6.45, 7) is 0.831. The van der Waals surface area contributed by atoms with Crippen LogP contribution in [0.3, 0.4) is 0 Å². The third-order valence-corrected chi connectivity index (χ3v) is 5.46. The molecule has 2 aromatic carbocycles. The third-order valence-electron chi connectivity index (χ3n) is 5.46. The third kappa shape index (κ3) is 4.30. The van der Waals surface area contributed by atoms with Crippen molar-refractivity contribution in [3.63, 3.8) is 0 Å². The normalized spacial score (nSPS) is 15.2. The fourth-order valence-corrected chi connectivity index (χ4v) is 3.66. The second-order valence-electron chi connectivity index (χ2n) is 7.58. The van der Waals surface area contributed by atoms with Gasteiger partial charge in [-0.2, -0.15) is 0 Å². The van der Waals surface area contributed by atoms with E-state index in [0.717, 1.165) is 18.4 Å². The van der Waals surface area contributed by atoms with Gasteiger partial charge in [-0.1, -0.05) is 24.3 Å². The molecule has 7 nitrogen and oxygen atoms in total. The molecule has 7 heteroatoms. The average molecular weight is 407 g/mol. The van der Waals surface area contributed by atoms with Gasteiger partial charge in [-0.05, 0) is 42.7 Å². The Morgan fingerprint density at radius 3 is 2.57 bits per heavy atom. The van der Waals surface area contributed by atoms with Crippen molar-refractivity contribution in [1.29, 1.82) is 0 Å². The smallest absolute Gasteiger partial charge is 0.265 e. The molecule has 156 valence electrons. The number of anilines is 1. The molecule has 0 radical (unpaired) electrons. The fourth-order valence-electron chi connectivity index (χ4n) is 3.66. The standard InChI is InChI=1S/C23H25N3O4/c1-24-23(29)17-8-6-16(7-9-17)14-26(18-10-11-18)21(27)12-13-25-19-4-2-3-5-20(19)30-15-22(25)28/h2-9,18H,10-15H2,1H3,(H,24,29). The van der Waals surface area contributed by atoms with Crippen LogP contribution < -0.4 is 15.0 Å². The molecule has 0 aromatic heterocycles. The van der Waals surface area contributed by atoms with Crippen LogP contribution in [0.25, 0.3) is 0 Å². The number of benzene rings is 2. The van der Waals surface area contributed by atoms with Gasteiger partial charge in [-0.15, -0.1) is 0 Å². The lowest BCUT2D eigenvalue weighted by Crippen LogP contribution is -2.42. The topological polar surface area (TPSA) is 79.0 Å². The van der Waals surface area contributed by atoms with Crippen LogP contribution in [0, 0.1) is 0 Å². The average Bonchev–Trinajstić information content (AvgIpc) is 3.61. The number of nitrogens with one attached hydrogen (secondary N) is 1. The highest BCUT2D eigenvalue weighted by molar-refractivity contribution is 5.98. The van der Waals surface area contributed by atoms with E-state index in [2.05, 4.69) is 5.32 Å². The van der Waals surface area contributed by atoms with E-state index < -0.39 is 0 Å². The number of hydrogen-bond acceptors (Lipinski definition) is 4. The van der Waals surface area contributed by atoms with Crippen LogP contribution in [-0.4, -0.2) is 48.9 Å². The zero-order valence-electron chi connectivity index (χ0n) is 17.0. The van der Waals surface area contributed by atoms with Crippen molar-refractivity contribution < 1.29 is 19.1 Å². The van der Waals surface area contributed by atoms with Crippen molar-refractivity contribution in [3.05, 3.63) is 59.7 Å². The van der Waals surface area contributed by atoms with Gasteiger partial charge in [0.25, 0.3) is 11.8 Å². The number of ether oxygens (including phenoxy) is 1. The van der Waals surface area contributed by atoms with Gasteiger partial charge in [0, 0.05) is 38.2 Å². The number of hydrogen-bond donors (Lipinski definition) is 1.